The molecule has 0 radical (unpaired) electrons. The molecule has 5 heterocycles. The van der Waals surface area contributed by atoms with Crippen molar-refractivity contribution in [2.24, 2.45) is 0 Å². The van der Waals surface area contributed by atoms with Crippen LogP contribution in [0.3, 0.4) is 0 Å². The van der Waals surface area contributed by atoms with E-state index >= 15 is 0 Å². The monoisotopic (exact) mass is 440 g/mol. The highest BCUT2D eigenvalue weighted by atomic mass is 16.5. The minimum absolute atomic E-state index is 0.652. The number of anilines is 1. The molecule has 2 aliphatic heterocycles. The lowest BCUT2D eigenvalue weighted by Crippen LogP contribution is -2.49. The van der Waals surface area contributed by atoms with Crippen LogP contribution in [-0.4, -0.2) is 69.9 Å². The second-order valence-corrected chi connectivity index (χ2v) is 8.74. The summed E-state index contributed by atoms with van der Waals surface area (Å²) in [7, 11) is 0. The highest BCUT2D eigenvalue weighted by Gasteiger charge is 2.27. The molecule has 168 valence electrons. The van der Waals surface area contributed by atoms with Crippen LogP contribution in [0.25, 0.3) is 28.2 Å². The number of imidazole rings is 1. The summed E-state index contributed by atoms with van der Waals surface area (Å²) in [5.41, 5.74) is 4.95. The van der Waals surface area contributed by atoms with E-state index < -0.39 is 0 Å². The van der Waals surface area contributed by atoms with Crippen LogP contribution < -0.4 is 4.90 Å². The number of piperidine rings is 1. The maximum absolute atomic E-state index is 5.53. The summed E-state index contributed by atoms with van der Waals surface area (Å²) >= 11 is 0. The van der Waals surface area contributed by atoms with Crippen molar-refractivity contribution in [2.45, 2.75) is 18.9 Å². The number of benzene rings is 1. The summed E-state index contributed by atoms with van der Waals surface area (Å²) in [5.74, 6) is 1.01. The predicted octanol–water partition coefficient (Wildman–Crippen LogP) is 3.76. The Morgan fingerprint density at radius 1 is 0.788 bits per heavy atom. The van der Waals surface area contributed by atoms with Crippen molar-refractivity contribution >= 4 is 11.5 Å². The fourth-order valence-electron chi connectivity index (χ4n) is 5.06. The van der Waals surface area contributed by atoms with Crippen LogP contribution >= 0.6 is 0 Å². The topological polar surface area (TPSA) is 58.8 Å². The molecular formula is C26H28N6O. The third kappa shape index (κ3) is 3.98. The summed E-state index contributed by atoms with van der Waals surface area (Å²) in [4.78, 5) is 14.2. The Morgan fingerprint density at radius 3 is 2.30 bits per heavy atom. The van der Waals surface area contributed by atoms with Crippen molar-refractivity contribution in [1.82, 2.24) is 24.5 Å². The molecule has 0 N–H and O–H groups in total. The Kier molecular flexibility index (Phi) is 5.49. The second kappa shape index (κ2) is 8.92. The Hall–Kier alpha value is -3.29. The summed E-state index contributed by atoms with van der Waals surface area (Å²) < 4.78 is 7.53. The largest absolute Gasteiger partial charge is 0.379 e. The molecular weight excluding hydrogens is 412 g/mol. The van der Waals surface area contributed by atoms with Crippen LogP contribution in [0.2, 0.25) is 0 Å². The lowest BCUT2D eigenvalue weighted by molar-refractivity contribution is 0.0114. The van der Waals surface area contributed by atoms with Gasteiger partial charge in [-0.2, -0.15) is 0 Å². The molecule has 7 nitrogen and oxygen atoms in total. The minimum Gasteiger partial charge on any atom is -0.379 e. The number of hydrogen-bond donors (Lipinski definition) is 0. The van der Waals surface area contributed by atoms with Crippen molar-refractivity contribution < 1.29 is 4.74 Å². The van der Waals surface area contributed by atoms with Gasteiger partial charge in [0.1, 0.15) is 11.5 Å². The van der Waals surface area contributed by atoms with Gasteiger partial charge in [0.2, 0.25) is 0 Å². The summed E-state index contributed by atoms with van der Waals surface area (Å²) in [6.45, 7) is 5.88. The summed E-state index contributed by atoms with van der Waals surface area (Å²) in [6.07, 6.45) is 5.97. The minimum atomic E-state index is 0.652. The average molecular weight is 441 g/mol. The Balaban J connectivity index is 1.34. The van der Waals surface area contributed by atoms with E-state index in [-0.39, 0.29) is 0 Å². The first kappa shape index (κ1) is 20.3. The van der Waals surface area contributed by atoms with Gasteiger partial charge < -0.3 is 9.64 Å². The fourth-order valence-corrected chi connectivity index (χ4v) is 5.06. The maximum atomic E-state index is 5.53. The predicted molar refractivity (Wildman–Crippen MR) is 129 cm³/mol. The first-order valence-electron chi connectivity index (χ1n) is 11.8. The van der Waals surface area contributed by atoms with Gasteiger partial charge >= 0.3 is 0 Å². The smallest absolute Gasteiger partial charge is 0.155 e. The SMILES string of the molecule is c1ccc(-c2nc3ccc(N4CCC(N5CCOCC5)CC4)nn3c2-c2ccncc2)cc1. The Labute approximate surface area is 193 Å². The molecule has 3 aromatic heterocycles. The number of pyridine rings is 1. The number of fused-ring (bicyclic) bond motifs is 1. The highest BCUT2D eigenvalue weighted by Crippen LogP contribution is 2.33. The molecule has 0 saturated carbocycles. The summed E-state index contributed by atoms with van der Waals surface area (Å²) in [6, 6.07) is 19.2. The van der Waals surface area contributed by atoms with Gasteiger partial charge in [0.05, 0.1) is 18.9 Å². The van der Waals surface area contributed by atoms with Crippen LogP contribution in [0.1, 0.15) is 12.8 Å². The molecule has 0 aliphatic carbocycles. The normalized spacial score (nSPS) is 18.1. The lowest BCUT2D eigenvalue weighted by Gasteiger charge is -2.40. The van der Waals surface area contributed by atoms with Gasteiger partial charge in [-0.1, -0.05) is 30.3 Å². The zero-order valence-corrected chi connectivity index (χ0v) is 18.7. The molecule has 1 aromatic carbocycles. The van der Waals surface area contributed by atoms with Crippen molar-refractivity contribution in [1.29, 1.82) is 0 Å². The Morgan fingerprint density at radius 2 is 1.55 bits per heavy atom. The molecule has 0 bridgehead atoms. The summed E-state index contributed by atoms with van der Waals surface area (Å²) in [5, 5.41) is 5.09. The molecule has 33 heavy (non-hydrogen) atoms. The molecule has 6 rings (SSSR count). The number of ether oxygens (including phenoxy) is 1. The number of hydrogen-bond acceptors (Lipinski definition) is 6. The third-order valence-corrected chi connectivity index (χ3v) is 6.81. The van der Waals surface area contributed by atoms with E-state index in [2.05, 4.69) is 39.0 Å². The molecule has 0 atom stereocenters. The fraction of sp³-hybridized carbons (Fsp3) is 0.346. The molecule has 7 heteroatoms. The first-order valence-corrected chi connectivity index (χ1v) is 11.8. The molecule has 0 amide bonds. The number of morpholine rings is 1. The second-order valence-electron chi connectivity index (χ2n) is 8.74. The van der Waals surface area contributed by atoms with Crippen molar-refractivity contribution in [3.63, 3.8) is 0 Å². The van der Waals surface area contributed by atoms with E-state index in [0.717, 1.165) is 86.2 Å². The van der Waals surface area contributed by atoms with Gasteiger partial charge in [-0.15, -0.1) is 5.10 Å². The Bertz CT molecular complexity index is 1210. The number of aromatic nitrogens is 4. The van der Waals surface area contributed by atoms with Gasteiger partial charge in [-0.05, 0) is 37.1 Å². The van der Waals surface area contributed by atoms with E-state index in [1.165, 1.54) is 0 Å². The first-order chi connectivity index (χ1) is 16.4. The van der Waals surface area contributed by atoms with E-state index in [0.29, 0.717) is 6.04 Å². The molecule has 2 fully saturated rings. The standard InChI is InChI=1S/C26H28N6O/c1-2-4-20(5-3-1)25-26(21-8-12-27-13-9-21)32-23(28-25)6-7-24(29-32)31-14-10-22(11-15-31)30-16-18-33-19-17-30/h1-9,12-13,22H,10-11,14-19H2. The maximum Gasteiger partial charge on any atom is 0.155 e. The van der Waals surface area contributed by atoms with Gasteiger partial charge in [-0.25, -0.2) is 9.50 Å². The molecule has 4 aromatic rings. The van der Waals surface area contributed by atoms with Gasteiger partial charge in [0, 0.05) is 55.7 Å². The number of rotatable bonds is 4. The van der Waals surface area contributed by atoms with Crippen molar-refractivity contribution in [3.05, 3.63) is 67.0 Å². The van der Waals surface area contributed by atoms with Crippen molar-refractivity contribution in [2.75, 3.05) is 44.3 Å². The zero-order valence-electron chi connectivity index (χ0n) is 18.7. The van der Waals surface area contributed by atoms with Gasteiger partial charge in [-0.3, -0.25) is 9.88 Å². The molecule has 0 spiro atoms. The lowest BCUT2D eigenvalue weighted by atomic mass is 10.0. The quantitative estimate of drug-likeness (QED) is 0.482. The highest BCUT2D eigenvalue weighted by molar-refractivity contribution is 5.81. The molecule has 2 aliphatic rings. The van der Waals surface area contributed by atoms with Crippen LogP contribution in [0, 0.1) is 0 Å². The van der Waals surface area contributed by atoms with Crippen LogP contribution in [-0.2, 0) is 4.74 Å². The van der Waals surface area contributed by atoms with Crippen molar-refractivity contribution in [3.8, 4) is 22.5 Å². The van der Waals surface area contributed by atoms with E-state index in [1.807, 2.05) is 47.2 Å². The molecule has 2 saturated heterocycles. The van der Waals surface area contributed by atoms with Crippen LogP contribution in [0.5, 0.6) is 0 Å². The third-order valence-electron chi connectivity index (χ3n) is 6.81. The van der Waals surface area contributed by atoms with E-state index in [9.17, 15) is 0 Å². The van der Waals surface area contributed by atoms with Crippen LogP contribution in [0.15, 0.2) is 67.0 Å². The average Bonchev–Trinajstić information content (AvgIpc) is 3.29. The van der Waals surface area contributed by atoms with E-state index in [1.54, 1.807) is 0 Å². The molecule has 0 unspecified atom stereocenters. The van der Waals surface area contributed by atoms with Crippen LogP contribution in [0.4, 0.5) is 5.82 Å². The van der Waals surface area contributed by atoms with Gasteiger partial charge in [0.15, 0.2) is 5.65 Å². The van der Waals surface area contributed by atoms with Gasteiger partial charge in [0.25, 0.3) is 0 Å². The van der Waals surface area contributed by atoms with E-state index in [4.69, 9.17) is 14.8 Å². The zero-order chi connectivity index (χ0) is 22.0. The number of nitrogens with zero attached hydrogens (tertiary/aromatic N) is 6.